The third kappa shape index (κ3) is 2.68. The molecule has 0 saturated heterocycles. The van der Waals surface area contributed by atoms with Crippen LogP contribution in [0.3, 0.4) is 0 Å². The summed E-state index contributed by atoms with van der Waals surface area (Å²) in [7, 11) is -3.25. The van der Waals surface area contributed by atoms with E-state index in [0.29, 0.717) is 0 Å². The number of fused-ring (bicyclic) bond motifs is 3. The van der Waals surface area contributed by atoms with Crippen molar-refractivity contribution in [2.45, 2.75) is 39.3 Å². The summed E-state index contributed by atoms with van der Waals surface area (Å²) in [5, 5.41) is 18.5. The summed E-state index contributed by atoms with van der Waals surface area (Å²) < 4.78 is 6.82. The second-order valence-corrected chi connectivity index (χ2v) is 23.1. The van der Waals surface area contributed by atoms with Crippen LogP contribution in [0.25, 0.3) is 76.2 Å². The van der Waals surface area contributed by atoms with Crippen LogP contribution < -0.4 is 10.4 Å². The fourth-order valence-electron chi connectivity index (χ4n) is 6.93. The number of rotatable bonds is 3. The molecule has 0 aliphatic carbocycles. The predicted octanol–water partition coefficient (Wildman–Crippen LogP) is 9.27. The van der Waals surface area contributed by atoms with Crippen LogP contribution in [0.1, 0.15) is 0 Å². The van der Waals surface area contributed by atoms with Crippen LogP contribution in [0.15, 0.2) is 77.2 Å². The molecule has 180 valence electrons. The zero-order valence-electron chi connectivity index (χ0n) is 22.3. The fraction of sp³-hybridized carbons (Fsp3) is 0.176. The van der Waals surface area contributed by atoms with E-state index in [1.807, 2.05) is 0 Å². The van der Waals surface area contributed by atoms with E-state index >= 15 is 0 Å². The zero-order valence-corrected chi connectivity index (χ0v) is 24.3. The molecule has 0 atom stereocenters. The van der Waals surface area contributed by atoms with Crippen LogP contribution in [0.5, 0.6) is 0 Å². The van der Waals surface area contributed by atoms with Crippen molar-refractivity contribution in [3.63, 3.8) is 0 Å². The van der Waals surface area contributed by atoms with Gasteiger partial charge in [-0.25, -0.2) is 0 Å². The molecule has 1 nitrogen and oxygen atoms in total. The standard InChI is InChI=1S/C34H30OSi2/c1-36(2,3)27-17-23-24-16-26(19-10-8-7-9-11-19)35-34(24)25-18-28(37(4,5)6)22-15-13-20-12-14-21(27)30-29(20)31(22)33(25)32(23)30/h7-18H,1-6H3. The maximum atomic E-state index is 6.82. The third-order valence-electron chi connectivity index (χ3n) is 8.57. The van der Waals surface area contributed by atoms with Gasteiger partial charge in [-0.2, -0.15) is 0 Å². The molecule has 3 heteroatoms. The molecule has 0 fully saturated rings. The molecular weight excluding hydrogens is 481 g/mol. The normalized spacial score (nSPS) is 13.7. The van der Waals surface area contributed by atoms with E-state index in [-0.39, 0.29) is 0 Å². The highest BCUT2D eigenvalue weighted by atomic mass is 28.3. The summed E-state index contributed by atoms with van der Waals surface area (Å²) in [6.45, 7) is 14.9. The van der Waals surface area contributed by atoms with Crippen LogP contribution in [0, 0.1) is 0 Å². The average Bonchev–Trinajstić information content (AvgIpc) is 3.46. The topological polar surface area (TPSA) is 13.1 Å². The Hall–Kier alpha value is -3.41. The lowest BCUT2D eigenvalue weighted by atomic mass is 9.96. The number of hydrogen-bond donors (Lipinski definition) is 0. The molecule has 7 aromatic carbocycles. The molecule has 0 aliphatic rings. The Morgan fingerprint density at radius 3 is 1.62 bits per heavy atom. The molecule has 8 aromatic rings. The molecule has 8 rings (SSSR count). The largest absolute Gasteiger partial charge is 0.455 e. The zero-order chi connectivity index (χ0) is 25.4. The first-order valence-electron chi connectivity index (χ1n) is 13.4. The van der Waals surface area contributed by atoms with E-state index in [0.717, 1.165) is 16.9 Å². The maximum Gasteiger partial charge on any atom is 0.143 e. The summed E-state index contributed by atoms with van der Waals surface area (Å²) in [6, 6.07) is 27.4. The first-order chi connectivity index (χ1) is 17.6. The second kappa shape index (κ2) is 6.72. The van der Waals surface area contributed by atoms with Gasteiger partial charge >= 0.3 is 0 Å². The van der Waals surface area contributed by atoms with Crippen LogP contribution in [0.4, 0.5) is 0 Å². The molecule has 0 bridgehead atoms. The predicted molar refractivity (Wildman–Crippen MR) is 169 cm³/mol. The molecule has 0 saturated carbocycles. The van der Waals surface area contributed by atoms with Crippen LogP contribution in [0.2, 0.25) is 39.3 Å². The monoisotopic (exact) mass is 510 g/mol. The molecule has 0 amide bonds. The van der Waals surface area contributed by atoms with Gasteiger partial charge in [0.1, 0.15) is 11.3 Å². The summed E-state index contributed by atoms with van der Waals surface area (Å²) in [5.74, 6) is 0.959. The maximum absolute atomic E-state index is 6.82. The van der Waals surface area contributed by atoms with E-state index in [2.05, 4.69) is 112 Å². The van der Waals surface area contributed by atoms with E-state index in [9.17, 15) is 0 Å². The third-order valence-corrected chi connectivity index (χ3v) is 12.6. The van der Waals surface area contributed by atoms with Crippen LogP contribution in [-0.2, 0) is 0 Å². The van der Waals surface area contributed by atoms with E-state index < -0.39 is 16.1 Å². The summed E-state index contributed by atoms with van der Waals surface area (Å²) in [4.78, 5) is 0. The lowest BCUT2D eigenvalue weighted by molar-refractivity contribution is 0.635. The van der Waals surface area contributed by atoms with Crippen molar-refractivity contribution in [2.24, 2.45) is 0 Å². The van der Waals surface area contributed by atoms with Crippen LogP contribution >= 0.6 is 0 Å². The highest BCUT2D eigenvalue weighted by molar-refractivity contribution is 6.91. The molecule has 0 aliphatic heterocycles. The molecule has 1 heterocycles. The van der Waals surface area contributed by atoms with Crippen molar-refractivity contribution in [1.29, 1.82) is 0 Å². The lowest BCUT2D eigenvalue weighted by Crippen LogP contribution is -2.38. The van der Waals surface area contributed by atoms with Gasteiger partial charge in [0, 0.05) is 21.7 Å². The molecule has 0 radical (unpaired) electrons. The van der Waals surface area contributed by atoms with Crippen molar-refractivity contribution < 1.29 is 4.42 Å². The van der Waals surface area contributed by atoms with Crippen LogP contribution in [-0.4, -0.2) is 16.1 Å². The van der Waals surface area contributed by atoms with Crippen molar-refractivity contribution >= 4 is 91.4 Å². The van der Waals surface area contributed by atoms with Gasteiger partial charge in [0.25, 0.3) is 0 Å². The van der Waals surface area contributed by atoms with Gasteiger partial charge in [-0.05, 0) is 49.2 Å². The van der Waals surface area contributed by atoms with Crippen molar-refractivity contribution in [1.82, 2.24) is 0 Å². The van der Waals surface area contributed by atoms with Crippen molar-refractivity contribution in [3.8, 4) is 11.3 Å². The highest BCUT2D eigenvalue weighted by Crippen LogP contribution is 2.51. The molecule has 37 heavy (non-hydrogen) atoms. The minimum Gasteiger partial charge on any atom is -0.455 e. The van der Waals surface area contributed by atoms with Gasteiger partial charge in [-0.3, -0.25) is 0 Å². The Morgan fingerprint density at radius 1 is 0.486 bits per heavy atom. The van der Waals surface area contributed by atoms with E-state index in [1.165, 1.54) is 64.4 Å². The Labute approximate surface area is 218 Å². The van der Waals surface area contributed by atoms with Gasteiger partial charge in [-0.1, -0.05) is 116 Å². The molecule has 1 aromatic heterocycles. The minimum atomic E-state index is -1.63. The Kier molecular flexibility index (Phi) is 3.93. The molecular formula is C34H30OSi2. The fourth-order valence-corrected chi connectivity index (χ4v) is 10.1. The minimum absolute atomic E-state index is 0.959. The van der Waals surface area contributed by atoms with E-state index in [4.69, 9.17) is 4.42 Å². The summed E-state index contributed by atoms with van der Waals surface area (Å²) in [6.07, 6.45) is 0. The highest BCUT2D eigenvalue weighted by Gasteiger charge is 2.31. The average molecular weight is 511 g/mol. The first-order valence-corrected chi connectivity index (χ1v) is 20.4. The summed E-state index contributed by atoms with van der Waals surface area (Å²) >= 11 is 0. The van der Waals surface area contributed by atoms with Gasteiger partial charge < -0.3 is 4.42 Å². The number of benzene rings is 6. The SMILES string of the molecule is C[Si](C)(C)c1cc2c3cc(-c4ccccc4)oc3c3cc([Si](C)(C)C)c4ccc5ccc1c1c5c4c3c21. The van der Waals surface area contributed by atoms with E-state index in [1.54, 1.807) is 5.19 Å². The Bertz CT molecular complexity index is 2010. The quantitative estimate of drug-likeness (QED) is 0.170. The number of hydrogen-bond acceptors (Lipinski definition) is 1. The second-order valence-electron chi connectivity index (χ2n) is 13.0. The molecule has 0 spiro atoms. The van der Waals surface area contributed by atoms with Crippen molar-refractivity contribution in [2.75, 3.05) is 0 Å². The van der Waals surface area contributed by atoms with Gasteiger partial charge in [-0.15, -0.1) is 0 Å². The van der Waals surface area contributed by atoms with Gasteiger partial charge in [0.15, 0.2) is 0 Å². The molecule has 0 N–H and O–H groups in total. The first kappa shape index (κ1) is 21.7. The molecule has 0 unspecified atom stereocenters. The lowest BCUT2D eigenvalue weighted by Gasteiger charge is -2.21. The smallest absolute Gasteiger partial charge is 0.143 e. The number of furan rings is 1. The van der Waals surface area contributed by atoms with Crippen molar-refractivity contribution in [3.05, 3.63) is 72.8 Å². The Morgan fingerprint density at radius 2 is 1.03 bits per heavy atom. The van der Waals surface area contributed by atoms with Gasteiger partial charge in [0.05, 0.1) is 16.1 Å². The summed E-state index contributed by atoms with van der Waals surface area (Å²) in [5.41, 5.74) is 2.19. The Balaban J connectivity index is 1.72. The van der Waals surface area contributed by atoms with Gasteiger partial charge in [0.2, 0.25) is 0 Å².